The van der Waals surface area contributed by atoms with E-state index in [4.69, 9.17) is 0 Å². The van der Waals surface area contributed by atoms with Gasteiger partial charge in [0.1, 0.15) is 12.1 Å². The Balaban J connectivity index is 1.69. The first-order valence-electron chi connectivity index (χ1n) is 12.6. The maximum atomic E-state index is 13.1. The van der Waals surface area contributed by atoms with E-state index in [0.717, 1.165) is 45.1 Å². The zero-order valence-electron chi connectivity index (χ0n) is 20.1. The van der Waals surface area contributed by atoms with Gasteiger partial charge in [-0.05, 0) is 37.7 Å². The van der Waals surface area contributed by atoms with Crippen molar-refractivity contribution in [1.82, 2.24) is 20.9 Å². The SMILES string of the molecule is C/C=C(F)\C=C/CCN1CNC(NCC(CCCC2CCCCC2)NC(O)C(C)C)C1. The summed E-state index contributed by atoms with van der Waals surface area (Å²) in [5.41, 5.74) is 0. The molecule has 1 saturated heterocycles. The van der Waals surface area contributed by atoms with Gasteiger partial charge >= 0.3 is 0 Å². The molecule has 4 N–H and O–H groups in total. The van der Waals surface area contributed by atoms with Gasteiger partial charge in [0.05, 0.1) is 6.17 Å². The van der Waals surface area contributed by atoms with Crippen LogP contribution >= 0.6 is 0 Å². The van der Waals surface area contributed by atoms with Gasteiger partial charge in [-0.15, -0.1) is 0 Å². The standard InChI is InChI=1S/C25H47FN4O/c1-4-22(26)14-8-9-16-30-18-24(28-19-30)27-17-23(29-25(31)20(2)3)15-10-13-21-11-6-5-7-12-21/h4,8,14,20-21,23-25,27-29,31H,5-7,9-13,15-19H2,1-3H3/b14-8-,22-4+. The average molecular weight is 439 g/mol. The maximum absolute atomic E-state index is 13.1. The highest BCUT2D eigenvalue weighted by Gasteiger charge is 2.23. The van der Waals surface area contributed by atoms with E-state index in [0.29, 0.717) is 0 Å². The largest absolute Gasteiger partial charge is 0.378 e. The van der Waals surface area contributed by atoms with Crippen molar-refractivity contribution in [1.29, 1.82) is 0 Å². The average Bonchev–Trinajstić information content (AvgIpc) is 3.23. The third-order valence-electron chi connectivity index (χ3n) is 6.71. The minimum atomic E-state index is -0.459. The fourth-order valence-electron chi connectivity index (χ4n) is 4.57. The Kier molecular flexibility index (Phi) is 12.9. The van der Waals surface area contributed by atoms with Gasteiger partial charge in [-0.1, -0.05) is 70.9 Å². The molecule has 6 heteroatoms. The Morgan fingerprint density at radius 3 is 2.74 bits per heavy atom. The van der Waals surface area contributed by atoms with E-state index in [1.54, 1.807) is 13.0 Å². The van der Waals surface area contributed by atoms with E-state index < -0.39 is 6.23 Å². The number of aliphatic hydroxyl groups excluding tert-OH is 1. The molecule has 2 aliphatic rings. The molecule has 0 aromatic carbocycles. The molecule has 3 atom stereocenters. The molecule has 1 aliphatic carbocycles. The molecule has 0 bridgehead atoms. The van der Waals surface area contributed by atoms with E-state index in [1.165, 1.54) is 51.0 Å². The first-order valence-corrected chi connectivity index (χ1v) is 12.6. The van der Waals surface area contributed by atoms with Gasteiger partial charge in [-0.2, -0.15) is 0 Å². The normalized spacial score (nSPS) is 23.8. The molecular formula is C25H47FN4O. The second-order valence-corrected chi connectivity index (χ2v) is 9.75. The molecule has 0 radical (unpaired) electrons. The molecule has 0 amide bonds. The molecule has 0 spiro atoms. The molecule has 180 valence electrons. The smallest absolute Gasteiger partial charge is 0.118 e. The molecule has 1 heterocycles. The van der Waals surface area contributed by atoms with Crippen molar-refractivity contribution in [3.8, 4) is 0 Å². The van der Waals surface area contributed by atoms with E-state index >= 15 is 0 Å². The number of rotatable bonds is 14. The zero-order valence-corrected chi connectivity index (χ0v) is 20.1. The van der Waals surface area contributed by atoms with Gasteiger partial charge < -0.3 is 5.11 Å². The number of hydrogen-bond acceptors (Lipinski definition) is 5. The molecular weight excluding hydrogens is 391 g/mol. The molecule has 1 aliphatic heterocycles. The van der Waals surface area contributed by atoms with Crippen molar-refractivity contribution >= 4 is 0 Å². The summed E-state index contributed by atoms with van der Waals surface area (Å²) in [6, 6.07) is 0.281. The van der Waals surface area contributed by atoms with Crippen LogP contribution in [0, 0.1) is 11.8 Å². The fraction of sp³-hybridized carbons (Fsp3) is 0.840. The summed E-state index contributed by atoms with van der Waals surface area (Å²) in [6.45, 7) is 9.39. The summed E-state index contributed by atoms with van der Waals surface area (Å²) in [7, 11) is 0. The minimum Gasteiger partial charge on any atom is -0.378 e. The van der Waals surface area contributed by atoms with Crippen LogP contribution in [-0.4, -0.2) is 54.7 Å². The van der Waals surface area contributed by atoms with Crippen molar-refractivity contribution in [3.63, 3.8) is 0 Å². The van der Waals surface area contributed by atoms with Crippen LogP contribution in [0.3, 0.4) is 0 Å². The summed E-state index contributed by atoms with van der Waals surface area (Å²) < 4.78 is 13.1. The van der Waals surface area contributed by atoms with Crippen molar-refractivity contribution in [2.45, 2.75) is 97.0 Å². The summed E-state index contributed by atoms with van der Waals surface area (Å²) >= 11 is 0. The van der Waals surface area contributed by atoms with Gasteiger partial charge in [0.25, 0.3) is 0 Å². The fourth-order valence-corrected chi connectivity index (χ4v) is 4.57. The molecule has 2 rings (SSSR count). The first-order chi connectivity index (χ1) is 15.0. The highest BCUT2D eigenvalue weighted by atomic mass is 19.1. The second kappa shape index (κ2) is 15.1. The highest BCUT2D eigenvalue weighted by molar-refractivity contribution is 5.09. The predicted octanol–water partition coefficient (Wildman–Crippen LogP) is 4.27. The predicted molar refractivity (Wildman–Crippen MR) is 128 cm³/mol. The van der Waals surface area contributed by atoms with Crippen LogP contribution in [0.1, 0.15) is 78.6 Å². The third-order valence-corrected chi connectivity index (χ3v) is 6.71. The van der Waals surface area contributed by atoms with Gasteiger partial charge in [-0.25, -0.2) is 4.39 Å². The minimum absolute atomic E-state index is 0.176. The second-order valence-electron chi connectivity index (χ2n) is 9.75. The van der Waals surface area contributed by atoms with Gasteiger partial charge in [0, 0.05) is 32.3 Å². The molecule has 0 aromatic rings. The number of nitrogens with zero attached hydrogens (tertiary/aromatic N) is 1. The Bertz CT molecular complexity index is 534. The van der Waals surface area contributed by atoms with Crippen molar-refractivity contribution in [2.75, 3.05) is 26.3 Å². The van der Waals surface area contributed by atoms with Gasteiger partial charge in [-0.3, -0.25) is 20.9 Å². The first kappa shape index (κ1) is 26.5. The van der Waals surface area contributed by atoms with Crippen LogP contribution in [0.5, 0.6) is 0 Å². The lowest BCUT2D eigenvalue weighted by molar-refractivity contribution is 0.0746. The van der Waals surface area contributed by atoms with Gasteiger partial charge in [0.2, 0.25) is 0 Å². The van der Waals surface area contributed by atoms with Crippen LogP contribution in [0.25, 0.3) is 0 Å². The summed E-state index contributed by atoms with van der Waals surface area (Å²) in [4.78, 5) is 2.35. The number of aliphatic hydroxyl groups is 1. The number of hydrogen-bond donors (Lipinski definition) is 4. The number of allylic oxidation sites excluding steroid dienone is 3. The summed E-state index contributed by atoms with van der Waals surface area (Å²) in [6.07, 6.45) is 16.3. The zero-order chi connectivity index (χ0) is 22.5. The van der Waals surface area contributed by atoms with Crippen LogP contribution in [-0.2, 0) is 0 Å². The maximum Gasteiger partial charge on any atom is 0.118 e. The quantitative estimate of drug-likeness (QED) is 0.241. The Hall–Kier alpha value is -0.790. The molecule has 1 saturated carbocycles. The van der Waals surface area contributed by atoms with Crippen LogP contribution in [0.15, 0.2) is 24.1 Å². The monoisotopic (exact) mass is 438 g/mol. The molecule has 3 unspecified atom stereocenters. The Labute approximate surface area is 189 Å². The summed E-state index contributed by atoms with van der Waals surface area (Å²) in [5.74, 6) is 0.948. The molecule has 2 fully saturated rings. The van der Waals surface area contributed by atoms with Crippen LogP contribution < -0.4 is 16.0 Å². The van der Waals surface area contributed by atoms with E-state index in [2.05, 4.69) is 34.7 Å². The van der Waals surface area contributed by atoms with E-state index in [-0.39, 0.29) is 24.0 Å². The Morgan fingerprint density at radius 1 is 1.26 bits per heavy atom. The lowest BCUT2D eigenvalue weighted by Crippen LogP contribution is -2.50. The van der Waals surface area contributed by atoms with Crippen molar-refractivity contribution in [2.24, 2.45) is 11.8 Å². The number of nitrogens with one attached hydrogen (secondary N) is 3. The molecule has 31 heavy (non-hydrogen) atoms. The van der Waals surface area contributed by atoms with Gasteiger partial charge in [0.15, 0.2) is 0 Å². The molecule has 5 nitrogen and oxygen atoms in total. The van der Waals surface area contributed by atoms with E-state index in [1.807, 2.05) is 6.08 Å². The molecule has 0 aromatic heterocycles. The summed E-state index contributed by atoms with van der Waals surface area (Å²) in [5, 5.41) is 21.0. The van der Waals surface area contributed by atoms with Crippen molar-refractivity contribution < 1.29 is 9.50 Å². The lowest BCUT2D eigenvalue weighted by atomic mass is 9.85. The van der Waals surface area contributed by atoms with Crippen LogP contribution in [0.2, 0.25) is 0 Å². The topological polar surface area (TPSA) is 59.6 Å². The third kappa shape index (κ3) is 11.1. The van der Waals surface area contributed by atoms with E-state index in [9.17, 15) is 9.50 Å². The number of halogens is 1. The highest BCUT2D eigenvalue weighted by Crippen LogP contribution is 2.28. The lowest BCUT2D eigenvalue weighted by Gasteiger charge is -2.27. The van der Waals surface area contributed by atoms with Crippen molar-refractivity contribution in [3.05, 3.63) is 24.1 Å². The van der Waals surface area contributed by atoms with Crippen LogP contribution in [0.4, 0.5) is 4.39 Å². The Morgan fingerprint density at radius 2 is 2.03 bits per heavy atom.